The Morgan fingerprint density at radius 2 is 2.19 bits per heavy atom. The number of hydrogen-bond acceptors (Lipinski definition) is 3. The Bertz CT molecular complexity index is 618. The van der Waals surface area contributed by atoms with Crippen LogP contribution in [-0.4, -0.2) is 22.2 Å². The molecule has 1 heterocycles. The Morgan fingerprint density at radius 3 is 2.81 bits per heavy atom. The van der Waals surface area contributed by atoms with Gasteiger partial charge in [-0.15, -0.1) is 0 Å². The van der Waals surface area contributed by atoms with Crippen molar-refractivity contribution >= 4 is 11.6 Å². The molecule has 112 valence electrons. The number of carbonyl (C=O) groups excluding carboxylic acids is 1. The summed E-state index contributed by atoms with van der Waals surface area (Å²) in [6, 6.07) is 5.82. The second-order valence-corrected chi connectivity index (χ2v) is 5.16. The number of rotatable bonds is 6. The van der Waals surface area contributed by atoms with E-state index in [1.165, 1.54) is 0 Å². The number of aryl methyl sites for hydroxylation is 2. The molecule has 1 aromatic heterocycles. The van der Waals surface area contributed by atoms with E-state index in [9.17, 15) is 4.79 Å². The molecule has 5 nitrogen and oxygen atoms in total. The van der Waals surface area contributed by atoms with Crippen LogP contribution in [0.4, 0.5) is 5.69 Å². The molecule has 2 aromatic rings. The predicted octanol–water partition coefficient (Wildman–Crippen LogP) is 2.48. The molecule has 5 heteroatoms. The van der Waals surface area contributed by atoms with Crippen LogP contribution in [0, 0.1) is 6.92 Å². The Balaban J connectivity index is 1.98. The summed E-state index contributed by atoms with van der Waals surface area (Å²) in [7, 11) is 1.86. The number of hydrogen-bond donors (Lipinski definition) is 2. The number of anilines is 1. The van der Waals surface area contributed by atoms with Crippen molar-refractivity contribution in [1.29, 1.82) is 0 Å². The van der Waals surface area contributed by atoms with Gasteiger partial charge in [0.05, 0.1) is 6.20 Å². The summed E-state index contributed by atoms with van der Waals surface area (Å²) >= 11 is 0. The highest BCUT2D eigenvalue weighted by molar-refractivity contribution is 5.96. The Labute approximate surface area is 125 Å². The van der Waals surface area contributed by atoms with Crippen LogP contribution in [0.3, 0.4) is 0 Å². The molecule has 0 radical (unpaired) electrons. The second kappa shape index (κ2) is 6.92. The van der Waals surface area contributed by atoms with E-state index in [-0.39, 0.29) is 5.91 Å². The molecular weight excluding hydrogens is 264 g/mol. The van der Waals surface area contributed by atoms with Crippen LogP contribution in [0.5, 0.6) is 0 Å². The van der Waals surface area contributed by atoms with Crippen molar-refractivity contribution in [3.05, 3.63) is 47.3 Å². The molecule has 1 aromatic carbocycles. The number of nitrogens with one attached hydrogen (secondary N) is 2. The van der Waals surface area contributed by atoms with Crippen molar-refractivity contribution in [3.63, 3.8) is 0 Å². The lowest BCUT2D eigenvalue weighted by molar-refractivity contribution is 0.0950. The number of amides is 1. The third-order valence-electron chi connectivity index (χ3n) is 3.26. The van der Waals surface area contributed by atoms with Gasteiger partial charge in [0, 0.05) is 43.1 Å². The number of carbonyl (C=O) groups is 1. The first-order chi connectivity index (χ1) is 10.1. The Morgan fingerprint density at radius 1 is 1.38 bits per heavy atom. The predicted molar refractivity (Wildman–Crippen MR) is 84.3 cm³/mol. The third-order valence-corrected chi connectivity index (χ3v) is 3.26. The quantitative estimate of drug-likeness (QED) is 0.857. The van der Waals surface area contributed by atoms with Crippen LogP contribution in [0.1, 0.15) is 34.8 Å². The monoisotopic (exact) mass is 286 g/mol. The van der Waals surface area contributed by atoms with Crippen LogP contribution < -0.4 is 10.6 Å². The highest BCUT2D eigenvalue weighted by atomic mass is 16.1. The summed E-state index contributed by atoms with van der Waals surface area (Å²) in [5, 5.41) is 10.3. The summed E-state index contributed by atoms with van der Waals surface area (Å²) < 4.78 is 1.72. The number of benzene rings is 1. The van der Waals surface area contributed by atoms with Crippen LogP contribution in [0.15, 0.2) is 30.6 Å². The van der Waals surface area contributed by atoms with E-state index < -0.39 is 0 Å². The molecular formula is C16H22N4O. The van der Waals surface area contributed by atoms with E-state index in [0.717, 1.165) is 29.8 Å². The van der Waals surface area contributed by atoms with E-state index in [2.05, 4.69) is 22.7 Å². The summed E-state index contributed by atoms with van der Waals surface area (Å²) in [6.45, 7) is 5.50. The zero-order valence-corrected chi connectivity index (χ0v) is 12.8. The average molecular weight is 286 g/mol. The molecule has 0 spiro atoms. The number of nitrogens with zero attached hydrogens (tertiary/aromatic N) is 2. The molecule has 0 unspecified atom stereocenters. The lowest BCUT2D eigenvalue weighted by atomic mass is 10.1. The SMILES string of the molecule is CCCNc1ccc(C(=O)NCc2cnn(C)c2)c(C)c1. The first kappa shape index (κ1) is 15.1. The van der Waals surface area contributed by atoms with Crippen molar-refractivity contribution in [2.24, 2.45) is 7.05 Å². The van der Waals surface area contributed by atoms with Crippen LogP contribution in [-0.2, 0) is 13.6 Å². The van der Waals surface area contributed by atoms with Crippen LogP contribution in [0.25, 0.3) is 0 Å². The normalized spacial score (nSPS) is 10.4. The molecule has 1 amide bonds. The zero-order chi connectivity index (χ0) is 15.2. The van der Waals surface area contributed by atoms with Gasteiger partial charge < -0.3 is 10.6 Å². The van der Waals surface area contributed by atoms with Gasteiger partial charge in [-0.25, -0.2) is 0 Å². The van der Waals surface area contributed by atoms with E-state index in [1.807, 2.05) is 38.4 Å². The molecule has 0 aliphatic rings. The van der Waals surface area contributed by atoms with E-state index in [0.29, 0.717) is 12.1 Å². The van der Waals surface area contributed by atoms with Gasteiger partial charge in [-0.1, -0.05) is 6.92 Å². The van der Waals surface area contributed by atoms with Gasteiger partial charge in [-0.05, 0) is 37.1 Å². The molecule has 2 rings (SSSR count). The topological polar surface area (TPSA) is 59.0 Å². The van der Waals surface area contributed by atoms with Crippen molar-refractivity contribution in [2.45, 2.75) is 26.8 Å². The van der Waals surface area contributed by atoms with Crippen molar-refractivity contribution in [1.82, 2.24) is 15.1 Å². The van der Waals surface area contributed by atoms with Gasteiger partial charge in [0.25, 0.3) is 5.91 Å². The molecule has 21 heavy (non-hydrogen) atoms. The first-order valence-corrected chi connectivity index (χ1v) is 7.20. The van der Waals surface area contributed by atoms with Crippen molar-refractivity contribution in [2.75, 3.05) is 11.9 Å². The van der Waals surface area contributed by atoms with Crippen LogP contribution >= 0.6 is 0 Å². The maximum absolute atomic E-state index is 12.2. The minimum Gasteiger partial charge on any atom is -0.385 e. The third kappa shape index (κ3) is 4.08. The number of aromatic nitrogens is 2. The smallest absolute Gasteiger partial charge is 0.251 e. The molecule has 0 aliphatic heterocycles. The van der Waals surface area contributed by atoms with Gasteiger partial charge in [-0.2, -0.15) is 5.10 Å². The summed E-state index contributed by atoms with van der Waals surface area (Å²) in [5.74, 6) is -0.0570. The molecule has 0 bridgehead atoms. The van der Waals surface area contributed by atoms with Gasteiger partial charge in [0.15, 0.2) is 0 Å². The van der Waals surface area contributed by atoms with Gasteiger partial charge in [-0.3, -0.25) is 9.48 Å². The van der Waals surface area contributed by atoms with Gasteiger partial charge in [0.2, 0.25) is 0 Å². The fourth-order valence-electron chi connectivity index (χ4n) is 2.14. The lowest BCUT2D eigenvalue weighted by Crippen LogP contribution is -2.23. The van der Waals surface area contributed by atoms with E-state index in [1.54, 1.807) is 10.9 Å². The molecule has 0 saturated heterocycles. The fourth-order valence-corrected chi connectivity index (χ4v) is 2.14. The second-order valence-electron chi connectivity index (χ2n) is 5.16. The van der Waals surface area contributed by atoms with E-state index in [4.69, 9.17) is 0 Å². The molecule has 0 atom stereocenters. The van der Waals surface area contributed by atoms with Crippen molar-refractivity contribution < 1.29 is 4.79 Å². The maximum atomic E-state index is 12.2. The molecule has 0 saturated carbocycles. The van der Waals surface area contributed by atoms with Gasteiger partial charge in [0.1, 0.15) is 0 Å². The Hall–Kier alpha value is -2.30. The lowest BCUT2D eigenvalue weighted by Gasteiger charge is -2.10. The average Bonchev–Trinajstić information content (AvgIpc) is 2.88. The minimum atomic E-state index is -0.0570. The summed E-state index contributed by atoms with van der Waals surface area (Å²) in [5.41, 5.74) is 3.73. The Kier molecular flexibility index (Phi) is 4.98. The molecule has 2 N–H and O–H groups in total. The summed E-state index contributed by atoms with van der Waals surface area (Å²) in [4.78, 5) is 12.2. The highest BCUT2D eigenvalue weighted by Gasteiger charge is 2.09. The fraction of sp³-hybridized carbons (Fsp3) is 0.375. The van der Waals surface area contributed by atoms with Crippen LogP contribution in [0.2, 0.25) is 0 Å². The van der Waals surface area contributed by atoms with Crippen molar-refractivity contribution in [3.8, 4) is 0 Å². The maximum Gasteiger partial charge on any atom is 0.251 e. The molecule has 0 aliphatic carbocycles. The largest absolute Gasteiger partial charge is 0.385 e. The first-order valence-electron chi connectivity index (χ1n) is 7.20. The van der Waals surface area contributed by atoms with E-state index >= 15 is 0 Å². The zero-order valence-electron chi connectivity index (χ0n) is 12.8. The standard InChI is InChI=1S/C16H22N4O/c1-4-7-17-14-5-6-15(12(2)8-14)16(21)18-9-13-10-19-20(3)11-13/h5-6,8,10-11,17H,4,7,9H2,1-3H3,(H,18,21). The summed E-state index contributed by atoms with van der Waals surface area (Å²) in [6.07, 6.45) is 4.72. The highest BCUT2D eigenvalue weighted by Crippen LogP contribution is 2.15. The van der Waals surface area contributed by atoms with Gasteiger partial charge >= 0.3 is 0 Å². The molecule has 0 fully saturated rings. The minimum absolute atomic E-state index is 0.0570.